The molecule has 2 atom stereocenters. The Morgan fingerprint density at radius 2 is 0.677 bits per heavy atom. The van der Waals surface area contributed by atoms with Gasteiger partial charge in [-0.25, -0.2) is 0 Å². The van der Waals surface area contributed by atoms with Crippen LogP contribution in [0.2, 0.25) is 0 Å². The summed E-state index contributed by atoms with van der Waals surface area (Å²) < 4.78 is 0. The highest BCUT2D eigenvalue weighted by molar-refractivity contribution is 5.76. The lowest BCUT2D eigenvalue weighted by Crippen LogP contribution is -2.45. The lowest BCUT2D eigenvalue weighted by Gasteiger charge is -2.19. The van der Waals surface area contributed by atoms with E-state index in [1.165, 1.54) is 135 Å². The van der Waals surface area contributed by atoms with Gasteiger partial charge < -0.3 is 15.5 Å². The summed E-state index contributed by atoms with van der Waals surface area (Å²) in [5, 5.41) is 23.1. The van der Waals surface area contributed by atoms with Crippen LogP contribution in [0.1, 0.15) is 239 Å². The molecule has 0 fully saturated rings. The number of unbranched alkanes of at least 4 members (excludes halogenated alkanes) is 23. The fraction of sp³-hybridized carbons (Fsp3) is 0.656. The van der Waals surface area contributed by atoms with Crippen LogP contribution < -0.4 is 5.32 Å². The molecule has 0 heterocycles. The molecule has 1 amide bonds. The van der Waals surface area contributed by atoms with Crippen LogP contribution in [0.25, 0.3) is 0 Å². The summed E-state index contributed by atoms with van der Waals surface area (Å²) in [5.41, 5.74) is 0. The van der Waals surface area contributed by atoms with Crippen molar-refractivity contribution >= 4 is 5.91 Å². The van der Waals surface area contributed by atoms with Gasteiger partial charge in [-0.05, 0) is 83.5 Å². The number of allylic oxidation sites excluding steroid dienone is 19. The standard InChI is InChI=1S/C61H103NO3/c1-3-5-7-9-11-13-15-17-19-21-23-25-27-29-30-31-32-33-35-37-39-41-43-45-47-49-51-53-55-57-61(65)62-59(58-63)60(64)56-54-52-50-48-46-44-42-40-38-36-34-28-26-24-22-20-18-16-14-12-10-8-6-4-2/h5,7,11,13,17,19,23,25,29-30,32-33,37,39,43,45,49,51,54,56,59-60,63-64H,3-4,6,8-10,12,14-16,18,20-22,24,26-28,31,34-36,38,40-42,44,46-48,50,52-53,55,57-58H2,1-2H3,(H,62,65)/b7-5-,13-11-,19-17-,25-23-,30-29-,33-32-,39-37-,45-43-,51-49-,56-54+. The van der Waals surface area contributed by atoms with Gasteiger partial charge in [0, 0.05) is 6.42 Å². The van der Waals surface area contributed by atoms with Crippen molar-refractivity contribution in [2.24, 2.45) is 0 Å². The van der Waals surface area contributed by atoms with E-state index in [9.17, 15) is 15.0 Å². The Bertz CT molecular complexity index is 1290. The average Bonchev–Trinajstić information content (AvgIpc) is 3.31. The van der Waals surface area contributed by atoms with Crippen molar-refractivity contribution < 1.29 is 15.0 Å². The van der Waals surface area contributed by atoms with E-state index in [-0.39, 0.29) is 12.5 Å². The van der Waals surface area contributed by atoms with Crippen molar-refractivity contribution in [3.05, 3.63) is 122 Å². The van der Waals surface area contributed by atoms with Crippen molar-refractivity contribution in [2.75, 3.05) is 6.61 Å². The van der Waals surface area contributed by atoms with Gasteiger partial charge in [0.25, 0.3) is 0 Å². The number of carbonyl (C=O) groups excluding carboxylic acids is 1. The number of aliphatic hydroxyl groups excluding tert-OH is 2. The van der Waals surface area contributed by atoms with Crippen LogP contribution in [0.3, 0.4) is 0 Å². The van der Waals surface area contributed by atoms with E-state index in [2.05, 4.69) is 129 Å². The number of nitrogens with one attached hydrogen (secondary N) is 1. The van der Waals surface area contributed by atoms with E-state index < -0.39 is 12.1 Å². The second kappa shape index (κ2) is 55.1. The molecule has 0 aliphatic carbocycles. The Kier molecular flexibility index (Phi) is 52.4. The number of amides is 1. The van der Waals surface area contributed by atoms with E-state index in [0.717, 1.165) is 83.5 Å². The quantitative estimate of drug-likeness (QED) is 0.0421. The van der Waals surface area contributed by atoms with Gasteiger partial charge in [-0.3, -0.25) is 4.79 Å². The Balaban J connectivity index is 3.70. The predicted molar refractivity (Wildman–Crippen MR) is 289 cm³/mol. The smallest absolute Gasteiger partial charge is 0.220 e. The highest BCUT2D eigenvalue weighted by atomic mass is 16.3. The van der Waals surface area contributed by atoms with Crippen LogP contribution in [0.15, 0.2) is 122 Å². The molecule has 2 unspecified atom stereocenters. The SMILES string of the molecule is CC/C=C\C/C=C\C/C=C\C/C=C\C/C=C\C/C=C\C/C=C\C/C=C\C/C=C\CCCC(=O)NC(CO)C(O)/C=C/CCCCCCCCCCCCCCCCCCCCCCCC. The molecule has 0 saturated heterocycles. The topological polar surface area (TPSA) is 69.6 Å². The number of rotatable bonds is 48. The molecule has 0 saturated carbocycles. The van der Waals surface area contributed by atoms with Gasteiger partial charge in [-0.2, -0.15) is 0 Å². The van der Waals surface area contributed by atoms with Crippen LogP contribution in [0.5, 0.6) is 0 Å². The van der Waals surface area contributed by atoms with Gasteiger partial charge in [-0.15, -0.1) is 0 Å². The van der Waals surface area contributed by atoms with Crippen LogP contribution in [-0.4, -0.2) is 34.9 Å². The molecule has 0 aromatic carbocycles. The maximum atomic E-state index is 12.4. The molecule has 65 heavy (non-hydrogen) atoms. The second-order valence-electron chi connectivity index (χ2n) is 17.9. The Labute approximate surface area is 403 Å². The summed E-state index contributed by atoms with van der Waals surface area (Å²) in [6.45, 7) is 4.18. The van der Waals surface area contributed by atoms with Crippen LogP contribution in [-0.2, 0) is 4.79 Å². The van der Waals surface area contributed by atoms with E-state index in [1.54, 1.807) is 6.08 Å². The fourth-order valence-corrected chi connectivity index (χ4v) is 7.59. The maximum Gasteiger partial charge on any atom is 0.220 e. The maximum absolute atomic E-state index is 12.4. The predicted octanol–water partition coefficient (Wildman–Crippen LogP) is 18.1. The van der Waals surface area contributed by atoms with Crippen LogP contribution >= 0.6 is 0 Å². The molecular weight excluding hydrogens is 795 g/mol. The molecule has 0 radical (unpaired) electrons. The number of hydrogen-bond acceptors (Lipinski definition) is 3. The molecule has 0 aromatic heterocycles. The van der Waals surface area contributed by atoms with E-state index >= 15 is 0 Å². The van der Waals surface area contributed by atoms with E-state index in [1.807, 2.05) is 6.08 Å². The first-order valence-electron chi connectivity index (χ1n) is 27.2. The third kappa shape index (κ3) is 51.6. The first-order valence-corrected chi connectivity index (χ1v) is 27.2. The van der Waals surface area contributed by atoms with Crippen molar-refractivity contribution in [3.8, 4) is 0 Å². The molecule has 4 heteroatoms. The van der Waals surface area contributed by atoms with Gasteiger partial charge in [0.1, 0.15) is 0 Å². The first-order chi connectivity index (χ1) is 32.2. The van der Waals surface area contributed by atoms with Crippen molar-refractivity contribution in [3.63, 3.8) is 0 Å². The van der Waals surface area contributed by atoms with Crippen LogP contribution in [0.4, 0.5) is 0 Å². The van der Waals surface area contributed by atoms with Crippen LogP contribution in [0, 0.1) is 0 Å². The lowest BCUT2D eigenvalue weighted by molar-refractivity contribution is -0.122. The van der Waals surface area contributed by atoms with Gasteiger partial charge in [0.05, 0.1) is 18.8 Å². The van der Waals surface area contributed by atoms with Crippen molar-refractivity contribution in [2.45, 2.75) is 251 Å². The molecular formula is C61H103NO3. The zero-order valence-electron chi connectivity index (χ0n) is 42.5. The average molecular weight is 898 g/mol. The Morgan fingerprint density at radius 1 is 0.385 bits per heavy atom. The molecule has 370 valence electrons. The summed E-state index contributed by atoms with van der Waals surface area (Å²) in [6, 6.07) is -0.663. The molecule has 0 aliphatic heterocycles. The monoisotopic (exact) mass is 898 g/mol. The first kappa shape index (κ1) is 61.8. The summed E-state index contributed by atoms with van der Waals surface area (Å²) in [4.78, 5) is 12.4. The summed E-state index contributed by atoms with van der Waals surface area (Å²) in [6.07, 6.45) is 84.9. The Hall–Kier alpha value is -3.21. The molecule has 3 N–H and O–H groups in total. The molecule has 0 spiro atoms. The molecule has 0 aliphatic rings. The number of carbonyl (C=O) groups is 1. The highest BCUT2D eigenvalue weighted by Crippen LogP contribution is 2.16. The van der Waals surface area contributed by atoms with Gasteiger partial charge >= 0.3 is 0 Å². The van der Waals surface area contributed by atoms with Gasteiger partial charge in [0.2, 0.25) is 5.91 Å². The zero-order chi connectivity index (χ0) is 47.0. The van der Waals surface area contributed by atoms with Gasteiger partial charge in [0.15, 0.2) is 0 Å². The molecule has 0 rings (SSSR count). The van der Waals surface area contributed by atoms with Gasteiger partial charge in [-0.1, -0.05) is 270 Å². The minimum Gasteiger partial charge on any atom is -0.394 e. The normalized spacial score (nSPS) is 13.8. The molecule has 0 aromatic rings. The Morgan fingerprint density at radius 3 is 1.00 bits per heavy atom. The summed E-state index contributed by atoms with van der Waals surface area (Å²) in [5.74, 6) is -0.125. The molecule has 0 bridgehead atoms. The van der Waals surface area contributed by atoms with E-state index in [0.29, 0.717) is 6.42 Å². The number of hydrogen-bond donors (Lipinski definition) is 3. The summed E-state index contributed by atoms with van der Waals surface area (Å²) >= 11 is 0. The molecule has 4 nitrogen and oxygen atoms in total. The zero-order valence-corrected chi connectivity index (χ0v) is 42.5. The van der Waals surface area contributed by atoms with Crippen molar-refractivity contribution in [1.29, 1.82) is 0 Å². The fourth-order valence-electron chi connectivity index (χ4n) is 7.59. The third-order valence-electron chi connectivity index (χ3n) is 11.7. The summed E-state index contributed by atoms with van der Waals surface area (Å²) in [7, 11) is 0. The minimum absolute atomic E-state index is 0.125. The lowest BCUT2D eigenvalue weighted by atomic mass is 10.0. The second-order valence-corrected chi connectivity index (χ2v) is 17.9. The highest BCUT2D eigenvalue weighted by Gasteiger charge is 2.17. The number of aliphatic hydroxyl groups is 2. The van der Waals surface area contributed by atoms with E-state index in [4.69, 9.17) is 0 Å². The largest absolute Gasteiger partial charge is 0.394 e. The minimum atomic E-state index is -0.873. The van der Waals surface area contributed by atoms with Crippen molar-refractivity contribution in [1.82, 2.24) is 5.32 Å². The third-order valence-corrected chi connectivity index (χ3v) is 11.7.